The Morgan fingerprint density at radius 2 is 1.12 bits per heavy atom. The summed E-state index contributed by atoms with van der Waals surface area (Å²) < 4.78 is 12.4. The minimum atomic E-state index is -0.732. The molecule has 4 aromatic carbocycles. The lowest BCUT2D eigenvalue weighted by atomic mass is 10.2. The highest BCUT2D eigenvalue weighted by Crippen LogP contribution is 2.34. The Balaban J connectivity index is 0.000000214. The van der Waals surface area contributed by atoms with E-state index in [1.54, 1.807) is 90.1 Å². The van der Waals surface area contributed by atoms with Crippen LogP contribution in [0.1, 0.15) is 41.5 Å². The maximum absolute atomic E-state index is 13.3. The van der Waals surface area contributed by atoms with E-state index < -0.39 is 33.2 Å². The van der Waals surface area contributed by atoms with Gasteiger partial charge in [-0.15, -0.1) is 11.6 Å². The van der Waals surface area contributed by atoms with Gasteiger partial charge in [-0.05, 0) is 114 Å². The van der Waals surface area contributed by atoms with Crippen molar-refractivity contribution in [3.8, 4) is 22.8 Å². The molecule has 6 N–H and O–H groups in total. The molecule has 17 heteroatoms. The number of aromatic amines is 3. The largest absolute Gasteiger partial charge is 0.444 e. The van der Waals surface area contributed by atoms with Gasteiger partial charge in [0.05, 0.1) is 38.1 Å². The van der Waals surface area contributed by atoms with Crippen LogP contribution in [0, 0.1) is 20.2 Å². The molecule has 0 spiro atoms. The van der Waals surface area contributed by atoms with E-state index >= 15 is 0 Å². The molecule has 0 aliphatic rings. The van der Waals surface area contributed by atoms with Crippen LogP contribution in [0.25, 0.3) is 66.4 Å². The average molecular weight is 835 g/mol. The number of nitrogen functional groups attached to an aromatic ring is 1. The topological polar surface area (TPSA) is 229 Å². The molecular formula is C43H43ClN8O8. The number of carbonyl (C=O) groups excluding carboxylic acids is 2. The standard InChI is InChI=1S/C26H28N4O6.C16H12N4O2.CH3Cl/c1-25(2,3)35-23(31)27-17-7-10-21-16(11-17)14-22(29(21)24(32)36-26(4,5)6)20-13-15-12-18(30(33)34)8-9-19(15)28-20;17-11-1-3-13-9(5-11)7-15(18-13)16-8-10-6-12(20(21)22)2-4-14(10)19-16;1-2/h7-14,28H,1-6H3,(H,27,31);1-8,18-19H,17H2;1H3. The summed E-state index contributed by atoms with van der Waals surface area (Å²) in [5, 5.41) is 27.9. The molecule has 16 nitrogen and oxygen atoms in total. The number of hydrogen-bond acceptors (Lipinski definition) is 9. The average Bonchev–Trinajstić information content (AvgIpc) is 3.96. The third-order valence-corrected chi connectivity index (χ3v) is 8.86. The van der Waals surface area contributed by atoms with Gasteiger partial charge < -0.3 is 30.2 Å². The molecule has 0 unspecified atom stereocenters. The minimum absolute atomic E-state index is 0.0291. The van der Waals surface area contributed by atoms with Gasteiger partial charge in [-0.2, -0.15) is 0 Å². The van der Waals surface area contributed by atoms with Crippen LogP contribution in [-0.2, 0) is 9.47 Å². The molecule has 0 aliphatic heterocycles. The van der Waals surface area contributed by atoms with Crippen LogP contribution in [0.5, 0.6) is 0 Å². The molecule has 310 valence electrons. The molecule has 8 aromatic rings. The van der Waals surface area contributed by atoms with Gasteiger partial charge in [-0.1, -0.05) is 0 Å². The van der Waals surface area contributed by atoms with Gasteiger partial charge in [0.15, 0.2) is 0 Å². The minimum Gasteiger partial charge on any atom is -0.444 e. The number of halogens is 1. The van der Waals surface area contributed by atoms with Crippen LogP contribution >= 0.6 is 11.6 Å². The molecule has 1 amide bonds. The van der Waals surface area contributed by atoms with Crippen LogP contribution in [0.15, 0.2) is 97.1 Å². The molecule has 0 radical (unpaired) electrons. The van der Waals surface area contributed by atoms with Gasteiger partial charge in [0.25, 0.3) is 11.4 Å². The summed E-state index contributed by atoms with van der Waals surface area (Å²) in [6.45, 7) is 10.7. The molecule has 60 heavy (non-hydrogen) atoms. The first kappa shape index (κ1) is 42.3. The molecule has 0 fully saturated rings. The van der Waals surface area contributed by atoms with Crippen molar-refractivity contribution >= 4 is 90.1 Å². The number of fused-ring (bicyclic) bond motifs is 4. The van der Waals surface area contributed by atoms with Crippen molar-refractivity contribution in [1.82, 2.24) is 19.5 Å². The maximum Gasteiger partial charge on any atom is 0.419 e. The third-order valence-electron chi connectivity index (χ3n) is 8.86. The van der Waals surface area contributed by atoms with Crippen molar-refractivity contribution in [2.24, 2.45) is 0 Å². The Hall–Kier alpha value is -7.33. The molecule has 0 atom stereocenters. The van der Waals surface area contributed by atoms with Crippen molar-refractivity contribution in [2.75, 3.05) is 17.4 Å². The lowest BCUT2D eigenvalue weighted by Crippen LogP contribution is -2.27. The number of amides is 1. The lowest BCUT2D eigenvalue weighted by Gasteiger charge is -2.21. The predicted octanol–water partition coefficient (Wildman–Crippen LogP) is 11.5. The van der Waals surface area contributed by atoms with Crippen molar-refractivity contribution in [3.05, 3.63) is 117 Å². The van der Waals surface area contributed by atoms with Gasteiger partial charge in [0.2, 0.25) is 0 Å². The highest BCUT2D eigenvalue weighted by Gasteiger charge is 2.25. The van der Waals surface area contributed by atoms with Gasteiger partial charge in [0.1, 0.15) is 11.2 Å². The number of nitrogens with two attached hydrogens (primary N) is 1. The summed E-state index contributed by atoms with van der Waals surface area (Å²) in [5.74, 6) is 0. The van der Waals surface area contributed by atoms with Crippen LogP contribution in [0.3, 0.4) is 0 Å². The number of non-ortho nitro benzene ring substituents is 2. The number of rotatable bonds is 5. The lowest BCUT2D eigenvalue weighted by molar-refractivity contribution is -0.384. The molecule has 0 aliphatic carbocycles. The van der Waals surface area contributed by atoms with Crippen molar-refractivity contribution < 1.29 is 28.9 Å². The van der Waals surface area contributed by atoms with Crippen molar-refractivity contribution in [1.29, 1.82) is 0 Å². The van der Waals surface area contributed by atoms with E-state index in [1.165, 1.54) is 29.1 Å². The monoisotopic (exact) mass is 834 g/mol. The number of nitrogens with one attached hydrogen (secondary N) is 4. The number of hydrogen-bond donors (Lipinski definition) is 5. The number of carbonyl (C=O) groups is 2. The van der Waals surface area contributed by atoms with Crippen molar-refractivity contribution in [3.63, 3.8) is 0 Å². The second-order valence-electron chi connectivity index (χ2n) is 15.7. The zero-order chi connectivity index (χ0) is 43.7. The molecule has 0 saturated heterocycles. The number of benzene rings is 4. The first-order chi connectivity index (χ1) is 28.3. The van der Waals surface area contributed by atoms with E-state index in [2.05, 4.69) is 31.9 Å². The normalized spacial score (nSPS) is 11.5. The van der Waals surface area contributed by atoms with Crippen LogP contribution < -0.4 is 11.1 Å². The third kappa shape index (κ3) is 9.51. The number of nitro groups is 2. The van der Waals surface area contributed by atoms with E-state index in [4.69, 9.17) is 15.2 Å². The Kier molecular flexibility index (Phi) is 11.6. The van der Waals surface area contributed by atoms with Gasteiger partial charge in [-0.25, -0.2) is 14.2 Å². The molecular weight excluding hydrogens is 792 g/mol. The molecule has 4 heterocycles. The smallest absolute Gasteiger partial charge is 0.419 e. The fourth-order valence-electron chi connectivity index (χ4n) is 6.46. The second-order valence-corrected chi connectivity index (χ2v) is 15.7. The summed E-state index contributed by atoms with van der Waals surface area (Å²) in [4.78, 5) is 56.5. The summed E-state index contributed by atoms with van der Waals surface area (Å²) in [6.07, 6.45) is 0.302. The number of anilines is 2. The Labute approximate surface area is 347 Å². The number of nitrogens with zero attached hydrogens (tertiary/aromatic N) is 3. The fourth-order valence-corrected chi connectivity index (χ4v) is 6.46. The Morgan fingerprint density at radius 3 is 1.63 bits per heavy atom. The van der Waals surface area contributed by atoms with Gasteiger partial charge in [-0.3, -0.25) is 25.5 Å². The summed E-state index contributed by atoms with van der Waals surface area (Å²) in [7, 11) is 0. The Bertz CT molecular complexity index is 2930. The fraction of sp³-hybridized carbons (Fsp3) is 0.209. The van der Waals surface area contributed by atoms with Crippen LogP contribution in [-0.4, -0.2) is 59.1 Å². The van der Waals surface area contributed by atoms with Gasteiger partial charge >= 0.3 is 12.2 Å². The summed E-state index contributed by atoms with van der Waals surface area (Å²) in [6, 6.07) is 27.5. The zero-order valence-corrected chi connectivity index (χ0v) is 34.6. The molecule has 8 rings (SSSR count). The van der Waals surface area contributed by atoms with Gasteiger partial charge in [0, 0.05) is 80.1 Å². The number of ether oxygens (including phenoxy) is 2. The van der Waals surface area contributed by atoms with E-state index in [0.717, 1.165) is 33.2 Å². The number of alkyl halides is 1. The number of nitro benzene ring substituents is 2. The summed E-state index contributed by atoms with van der Waals surface area (Å²) >= 11 is 4.64. The van der Waals surface area contributed by atoms with E-state index in [9.17, 15) is 29.8 Å². The van der Waals surface area contributed by atoms with E-state index in [-0.39, 0.29) is 11.4 Å². The molecule has 0 saturated carbocycles. The van der Waals surface area contributed by atoms with E-state index in [1.807, 2.05) is 30.3 Å². The van der Waals surface area contributed by atoms with Crippen LogP contribution in [0.2, 0.25) is 0 Å². The zero-order valence-electron chi connectivity index (χ0n) is 33.8. The highest BCUT2D eigenvalue weighted by atomic mass is 35.5. The van der Waals surface area contributed by atoms with E-state index in [0.29, 0.717) is 44.6 Å². The first-order valence-electron chi connectivity index (χ1n) is 18.5. The number of H-pyrrole nitrogens is 3. The summed E-state index contributed by atoms with van der Waals surface area (Å²) in [5.41, 5.74) is 11.7. The predicted molar refractivity (Wildman–Crippen MR) is 236 cm³/mol. The first-order valence-corrected chi connectivity index (χ1v) is 19.3. The van der Waals surface area contributed by atoms with Crippen LogP contribution in [0.4, 0.5) is 32.3 Å². The highest BCUT2D eigenvalue weighted by molar-refractivity contribution is 6.15. The number of aromatic nitrogens is 4. The maximum atomic E-state index is 13.3. The second kappa shape index (κ2) is 16.5. The molecule has 0 bridgehead atoms. The molecule has 4 aromatic heterocycles. The van der Waals surface area contributed by atoms with Crippen molar-refractivity contribution in [2.45, 2.75) is 52.7 Å². The SMILES string of the molecule is CC(C)(C)OC(=O)Nc1ccc2c(c1)cc(-c1cc3cc([N+](=O)[O-])ccc3[nH]1)n2C(=O)OC(C)(C)C.CCl.Nc1ccc2[nH]c(-c3cc4cc([N+](=O)[O-])ccc4[nH]3)cc2c1. The quantitative estimate of drug-likeness (QED) is 0.0480. The Morgan fingerprint density at radius 1 is 0.633 bits per heavy atom.